The van der Waals surface area contributed by atoms with E-state index >= 15 is 0 Å². The number of likely N-dealkylation sites (tertiary alicyclic amines) is 2. The van der Waals surface area contributed by atoms with Gasteiger partial charge >= 0.3 is 0 Å². The topological polar surface area (TPSA) is 53.7 Å². The fraction of sp³-hybridized carbons (Fsp3) is 0.480. The third-order valence-corrected chi connectivity index (χ3v) is 7.14. The summed E-state index contributed by atoms with van der Waals surface area (Å²) in [5, 5.41) is 4.40. The van der Waals surface area contributed by atoms with Crippen LogP contribution in [0.2, 0.25) is 0 Å². The Labute approximate surface area is 183 Å². The molecule has 0 atom stereocenters. The first-order chi connectivity index (χ1) is 15.3. The first-order valence-electron chi connectivity index (χ1n) is 11.6. The summed E-state index contributed by atoms with van der Waals surface area (Å²) in [7, 11) is 0. The van der Waals surface area contributed by atoms with E-state index in [0.717, 1.165) is 56.4 Å². The summed E-state index contributed by atoms with van der Waals surface area (Å²) in [6, 6.07) is 14.4. The smallest absolute Gasteiger partial charge is 0.274 e. The number of carbonyl (C=O) groups is 1. The molecule has 2 aliphatic rings. The molecule has 1 amide bonds. The average Bonchev–Trinajstić information content (AvgIpc) is 3.28. The van der Waals surface area contributed by atoms with Gasteiger partial charge in [-0.05, 0) is 68.7 Å². The predicted octanol–water partition coefficient (Wildman–Crippen LogP) is 3.54. The molecule has 5 rings (SSSR count). The van der Waals surface area contributed by atoms with Crippen LogP contribution in [0.25, 0.3) is 5.65 Å². The SMILES string of the molecule is O=C(c1cc2ncccn2n1)N1CCC(C2CCN(CCc3ccccc3)CC2)CC1. The van der Waals surface area contributed by atoms with Crippen LogP contribution in [0, 0.1) is 11.8 Å². The minimum absolute atomic E-state index is 0.0414. The summed E-state index contributed by atoms with van der Waals surface area (Å²) in [5.41, 5.74) is 2.66. The predicted molar refractivity (Wildman–Crippen MR) is 121 cm³/mol. The van der Waals surface area contributed by atoms with Crippen molar-refractivity contribution in [1.82, 2.24) is 24.4 Å². The van der Waals surface area contributed by atoms with Crippen LogP contribution in [-0.2, 0) is 6.42 Å². The normalized spacial score (nSPS) is 19.2. The summed E-state index contributed by atoms with van der Waals surface area (Å²) in [5.74, 6) is 1.60. The number of rotatable bonds is 5. The largest absolute Gasteiger partial charge is 0.337 e. The molecule has 0 aliphatic carbocycles. The summed E-state index contributed by atoms with van der Waals surface area (Å²) in [6.07, 6.45) is 9.53. The fourth-order valence-corrected chi connectivity index (χ4v) is 5.25. The molecule has 6 nitrogen and oxygen atoms in total. The monoisotopic (exact) mass is 417 g/mol. The summed E-state index contributed by atoms with van der Waals surface area (Å²) >= 11 is 0. The lowest BCUT2D eigenvalue weighted by atomic mass is 9.78. The van der Waals surface area contributed by atoms with Gasteiger partial charge in [0, 0.05) is 38.1 Å². The number of nitrogens with zero attached hydrogens (tertiary/aromatic N) is 5. The molecule has 0 unspecified atom stereocenters. The van der Waals surface area contributed by atoms with Crippen LogP contribution < -0.4 is 0 Å². The van der Waals surface area contributed by atoms with Gasteiger partial charge in [-0.2, -0.15) is 5.10 Å². The Hall–Kier alpha value is -2.73. The Morgan fingerprint density at radius 3 is 2.35 bits per heavy atom. The van der Waals surface area contributed by atoms with Crippen molar-refractivity contribution in [3.8, 4) is 0 Å². The summed E-state index contributed by atoms with van der Waals surface area (Å²) in [4.78, 5) is 21.8. The Kier molecular flexibility index (Phi) is 5.98. The van der Waals surface area contributed by atoms with Crippen LogP contribution in [0.5, 0.6) is 0 Å². The molecule has 2 aromatic heterocycles. The molecule has 2 aliphatic heterocycles. The second-order valence-corrected chi connectivity index (χ2v) is 9.00. The second-order valence-electron chi connectivity index (χ2n) is 9.00. The third kappa shape index (κ3) is 4.64. The molecule has 0 saturated carbocycles. The van der Waals surface area contributed by atoms with E-state index in [2.05, 4.69) is 45.3 Å². The van der Waals surface area contributed by atoms with Gasteiger partial charge in [0.05, 0.1) is 0 Å². The molecule has 2 saturated heterocycles. The van der Waals surface area contributed by atoms with Crippen molar-refractivity contribution < 1.29 is 4.79 Å². The van der Waals surface area contributed by atoms with Crippen LogP contribution >= 0.6 is 0 Å². The van der Waals surface area contributed by atoms with Gasteiger partial charge in [0.25, 0.3) is 5.91 Å². The number of amides is 1. The van der Waals surface area contributed by atoms with E-state index in [-0.39, 0.29) is 5.91 Å². The Bertz CT molecular complexity index is 968. The van der Waals surface area contributed by atoms with Crippen molar-refractivity contribution in [3.05, 3.63) is 66.1 Å². The fourth-order valence-electron chi connectivity index (χ4n) is 5.25. The zero-order valence-electron chi connectivity index (χ0n) is 18.1. The number of benzene rings is 1. The second kappa shape index (κ2) is 9.18. The molecular weight excluding hydrogens is 386 g/mol. The molecule has 1 aromatic carbocycles. The van der Waals surface area contributed by atoms with Crippen molar-refractivity contribution in [2.24, 2.45) is 11.8 Å². The summed E-state index contributed by atoms with van der Waals surface area (Å²) < 4.78 is 1.67. The van der Waals surface area contributed by atoms with Gasteiger partial charge in [-0.1, -0.05) is 30.3 Å². The van der Waals surface area contributed by atoms with E-state index in [1.807, 2.05) is 17.2 Å². The van der Waals surface area contributed by atoms with E-state index in [1.54, 1.807) is 16.8 Å². The van der Waals surface area contributed by atoms with Crippen molar-refractivity contribution >= 4 is 11.6 Å². The lowest BCUT2D eigenvalue weighted by Crippen LogP contribution is -2.43. The van der Waals surface area contributed by atoms with E-state index in [0.29, 0.717) is 5.69 Å². The maximum atomic E-state index is 12.9. The van der Waals surface area contributed by atoms with Gasteiger partial charge in [0.2, 0.25) is 0 Å². The van der Waals surface area contributed by atoms with Gasteiger partial charge < -0.3 is 9.80 Å². The molecule has 3 aromatic rings. The van der Waals surface area contributed by atoms with Crippen LogP contribution in [-0.4, -0.2) is 63.0 Å². The first-order valence-corrected chi connectivity index (χ1v) is 11.6. The zero-order valence-corrected chi connectivity index (χ0v) is 18.1. The Balaban J connectivity index is 1.08. The average molecular weight is 418 g/mol. The lowest BCUT2D eigenvalue weighted by molar-refractivity contribution is 0.0598. The van der Waals surface area contributed by atoms with Crippen molar-refractivity contribution in [2.45, 2.75) is 32.1 Å². The zero-order chi connectivity index (χ0) is 21.0. The highest BCUT2D eigenvalue weighted by Crippen LogP contribution is 2.33. The summed E-state index contributed by atoms with van der Waals surface area (Å²) in [6.45, 7) is 5.28. The van der Waals surface area contributed by atoms with Gasteiger partial charge in [-0.25, -0.2) is 9.50 Å². The molecular formula is C25H31N5O. The first kappa shape index (κ1) is 20.2. The van der Waals surface area contributed by atoms with E-state index < -0.39 is 0 Å². The van der Waals surface area contributed by atoms with Crippen molar-refractivity contribution in [2.75, 3.05) is 32.7 Å². The number of carbonyl (C=O) groups excluding carboxylic acids is 1. The molecule has 31 heavy (non-hydrogen) atoms. The highest BCUT2D eigenvalue weighted by Gasteiger charge is 2.31. The molecule has 6 heteroatoms. The van der Waals surface area contributed by atoms with Gasteiger partial charge in [0.15, 0.2) is 11.3 Å². The quantitative estimate of drug-likeness (QED) is 0.637. The molecule has 2 fully saturated rings. The number of fused-ring (bicyclic) bond motifs is 1. The van der Waals surface area contributed by atoms with Crippen LogP contribution in [0.15, 0.2) is 54.9 Å². The maximum Gasteiger partial charge on any atom is 0.274 e. The molecule has 4 heterocycles. The minimum Gasteiger partial charge on any atom is -0.337 e. The van der Waals surface area contributed by atoms with Crippen molar-refractivity contribution in [1.29, 1.82) is 0 Å². The third-order valence-electron chi connectivity index (χ3n) is 7.14. The highest BCUT2D eigenvalue weighted by atomic mass is 16.2. The van der Waals surface area contributed by atoms with E-state index in [9.17, 15) is 4.79 Å². The number of aromatic nitrogens is 3. The lowest BCUT2D eigenvalue weighted by Gasteiger charge is -2.40. The standard InChI is InChI=1S/C25H31N5O/c31-25(23-19-24-26-12-4-13-30(24)27-23)29-17-10-22(11-18-29)21-8-15-28(16-9-21)14-7-20-5-2-1-3-6-20/h1-6,12-13,19,21-22H,7-11,14-18H2. The molecule has 162 valence electrons. The van der Waals surface area contributed by atoms with Crippen molar-refractivity contribution in [3.63, 3.8) is 0 Å². The number of piperidine rings is 2. The van der Waals surface area contributed by atoms with Crippen LogP contribution in [0.4, 0.5) is 0 Å². The molecule has 0 N–H and O–H groups in total. The van der Waals surface area contributed by atoms with Gasteiger partial charge in [-0.15, -0.1) is 0 Å². The van der Waals surface area contributed by atoms with Gasteiger partial charge in [0.1, 0.15) is 0 Å². The van der Waals surface area contributed by atoms with Gasteiger partial charge in [-0.3, -0.25) is 4.79 Å². The maximum absolute atomic E-state index is 12.9. The van der Waals surface area contributed by atoms with E-state index in [4.69, 9.17) is 0 Å². The molecule has 0 radical (unpaired) electrons. The Morgan fingerprint density at radius 2 is 1.65 bits per heavy atom. The number of hydrogen-bond acceptors (Lipinski definition) is 4. The highest BCUT2D eigenvalue weighted by molar-refractivity contribution is 5.93. The van der Waals surface area contributed by atoms with E-state index in [1.165, 1.54) is 31.5 Å². The van der Waals surface area contributed by atoms with Crippen LogP contribution in [0.1, 0.15) is 41.7 Å². The minimum atomic E-state index is 0.0414. The van der Waals surface area contributed by atoms with Crippen LogP contribution in [0.3, 0.4) is 0 Å². The Morgan fingerprint density at radius 1 is 0.935 bits per heavy atom. The number of hydrogen-bond donors (Lipinski definition) is 0. The molecule has 0 bridgehead atoms. The molecule has 0 spiro atoms.